The Morgan fingerprint density at radius 3 is 2.69 bits per heavy atom. The van der Waals surface area contributed by atoms with Crippen LogP contribution in [0.25, 0.3) is 10.9 Å². The fourth-order valence-corrected chi connectivity index (χ4v) is 3.72. The van der Waals surface area contributed by atoms with Crippen molar-refractivity contribution in [3.05, 3.63) is 63.9 Å². The Morgan fingerprint density at radius 2 is 1.97 bits per heavy atom. The number of aromatic nitrogens is 2. The van der Waals surface area contributed by atoms with Gasteiger partial charge < -0.3 is 10.1 Å². The monoisotopic (exact) mass is 411 g/mol. The molecule has 0 bridgehead atoms. The lowest BCUT2D eigenvalue weighted by Crippen LogP contribution is -2.23. The van der Waals surface area contributed by atoms with E-state index in [1.165, 1.54) is 18.9 Å². The van der Waals surface area contributed by atoms with Gasteiger partial charge in [0.15, 0.2) is 5.16 Å². The van der Waals surface area contributed by atoms with Crippen molar-refractivity contribution in [1.82, 2.24) is 9.55 Å². The lowest BCUT2D eigenvalue weighted by atomic mass is 10.1. The molecule has 0 unspecified atom stereocenters. The number of fused-ring (bicyclic) bond motifs is 1. The molecule has 3 rings (SSSR count). The summed E-state index contributed by atoms with van der Waals surface area (Å²) in [5.41, 5.74) is 2.20. The van der Waals surface area contributed by atoms with Gasteiger partial charge in [0.25, 0.3) is 5.56 Å². The number of hydrogen-bond donors (Lipinski definition) is 1. The zero-order valence-electron chi connectivity index (χ0n) is 16.4. The number of thioether (sulfide) groups is 1. The van der Waals surface area contributed by atoms with E-state index in [0.717, 1.165) is 5.56 Å². The quantitative estimate of drug-likeness (QED) is 0.380. The van der Waals surface area contributed by atoms with Crippen LogP contribution in [-0.4, -0.2) is 34.3 Å². The Morgan fingerprint density at radius 1 is 1.21 bits per heavy atom. The Bertz CT molecular complexity index is 1140. The Balaban J connectivity index is 1.78. The number of amides is 1. The normalized spacial score (nSPS) is 10.7. The maximum absolute atomic E-state index is 12.7. The number of esters is 1. The third-order valence-corrected chi connectivity index (χ3v) is 5.38. The molecule has 0 radical (unpaired) electrons. The van der Waals surface area contributed by atoms with Crippen LogP contribution >= 0.6 is 11.8 Å². The van der Waals surface area contributed by atoms with Gasteiger partial charge in [0, 0.05) is 12.2 Å². The molecule has 0 fully saturated rings. The molecule has 1 N–H and O–H groups in total. The van der Waals surface area contributed by atoms with Crippen LogP contribution in [-0.2, 0) is 16.1 Å². The first-order chi connectivity index (χ1) is 13.9. The molecule has 29 heavy (non-hydrogen) atoms. The summed E-state index contributed by atoms with van der Waals surface area (Å²) in [6.45, 7) is 4.16. The predicted octanol–water partition coefficient (Wildman–Crippen LogP) is 3.24. The maximum atomic E-state index is 12.7. The van der Waals surface area contributed by atoms with E-state index < -0.39 is 5.97 Å². The Hall–Kier alpha value is -3.13. The first-order valence-corrected chi connectivity index (χ1v) is 10.0. The molecule has 0 saturated heterocycles. The van der Waals surface area contributed by atoms with E-state index in [4.69, 9.17) is 4.74 Å². The van der Waals surface area contributed by atoms with Crippen LogP contribution in [0.2, 0.25) is 0 Å². The number of nitrogens with one attached hydrogen (secondary N) is 1. The molecule has 7 nitrogen and oxygen atoms in total. The maximum Gasteiger partial charge on any atom is 0.337 e. The van der Waals surface area contributed by atoms with Crippen molar-refractivity contribution < 1.29 is 14.3 Å². The molecule has 150 valence electrons. The second kappa shape index (κ2) is 8.91. The van der Waals surface area contributed by atoms with Gasteiger partial charge in [-0.1, -0.05) is 30.0 Å². The van der Waals surface area contributed by atoms with Crippen LogP contribution in [0.15, 0.2) is 52.4 Å². The molecular weight excluding hydrogens is 390 g/mol. The fourth-order valence-electron chi connectivity index (χ4n) is 2.85. The third-order valence-electron chi connectivity index (χ3n) is 4.41. The Kier molecular flexibility index (Phi) is 6.33. The minimum absolute atomic E-state index is 0.0761. The van der Waals surface area contributed by atoms with Gasteiger partial charge in [-0.05, 0) is 43.7 Å². The zero-order valence-corrected chi connectivity index (χ0v) is 17.2. The first kappa shape index (κ1) is 20.6. The molecule has 8 heteroatoms. The second-order valence-corrected chi connectivity index (χ2v) is 7.26. The van der Waals surface area contributed by atoms with Crippen molar-refractivity contribution in [2.24, 2.45) is 0 Å². The smallest absolute Gasteiger partial charge is 0.337 e. The number of carbonyl (C=O) groups is 2. The van der Waals surface area contributed by atoms with Crippen molar-refractivity contribution in [3.8, 4) is 0 Å². The average molecular weight is 411 g/mol. The standard InChI is InChI=1S/C21H21N3O4S/c1-4-24-19(26)15-7-5-6-8-16(15)23-21(24)29-12-18(25)22-17-11-14(20(27)28-3)10-9-13(17)2/h5-11H,4,12H2,1-3H3,(H,22,25). The molecule has 1 amide bonds. The topological polar surface area (TPSA) is 90.3 Å². The summed E-state index contributed by atoms with van der Waals surface area (Å²) in [5.74, 6) is -0.653. The number of anilines is 1. The summed E-state index contributed by atoms with van der Waals surface area (Å²) < 4.78 is 6.28. The minimum Gasteiger partial charge on any atom is -0.465 e. The van der Waals surface area contributed by atoms with E-state index >= 15 is 0 Å². The fraction of sp³-hybridized carbons (Fsp3) is 0.238. The molecule has 1 aromatic heterocycles. The minimum atomic E-state index is -0.470. The lowest BCUT2D eigenvalue weighted by molar-refractivity contribution is -0.113. The Labute approximate surface area is 172 Å². The van der Waals surface area contributed by atoms with Gasteiger partial charge in [0.1, 0.15) is 0 Å². The first-order valence-electron chi connectivity index (χ1n) is 9.05. The highest BCUT2D eigenvalue weighted by molar-refractivity contribution is 7.99. The van der Waals surface area contributed by atoms with E-state index in [0.29, 0.717) is 33.9 Å². The van der Waals surface area contributed by atoms with Gasteiger partial charge in [-0.15, -0.1) is 0 Å². The second-order valence-electron chi connectivity index (χ2n) is 6.32. The van der Waals surface area contributed by atoms with Gasteiger partial charge in [-0.25, -0.2) is 9.78 Å². The van der Waals surface area contributed by atoms with Crippen LogP contribution in [0.4, 0.5) is 5.69 Å². The highest BCUT2D eigenvalue weighted by Gasteiger charge is 2.14. The van der Waals surface area contributed by atoms with Crippen molar-refractivity contribution in [1.29, 1.82) is 0 Å². The number of hydrogen-bond acceptors (Lipinski definition) is 6. The van der Waals surface area contributed by atoms with E-state index in [-0.39, 0.29) is 17.2 Å². The largest absolute Gasteiger partial charge is 0.465 e. The van der Waals surface area contributed by atoms with Gasteiger partial charge >= 0.3 is 5.97 Å². The van der Waals surface area contributed by atoms with Crippen molar-refractivity contribution in [2.45, 2.75) is 25.5 Å². The predicted molar refractivity (Wildman–Crippen MR) is 114 cm³/mol. The summed E-state index contributed by atoms with van der Waals surface area (Å²) in [4.78, 5) is 41.4. The van der Waals surface area contributed by atoms with Crippen LogP contribution in [0.1, 0.15) is 22.8 Å². The number of para-hydroxylation sites is 1. The third kappa shape index (κ3) is 4.48. The van der Waals surface area contributed by atoms with Crippen LogP contribution in [0.3, 0.4) is 0 Å². The molecule has 1 heterocycles. The average Bonchev–Trinajstić information content (AvgIpc) is 2.73. The van der Waals surface area contributed by atoms with Gasteiger partial charge in [0.2, 0.25) is 5.91 Å². The molecular formula is C21H21N3O4S. The number of nitrogens with zero attached hydrogens (tertiary/aromatic N) is 2. The number of carbonyl (C=O) groups excluding carboxylic acids is 2. The lowest BCUT2D eigenvalue weighted by Gasteiger charge is -2.12. The number of ether oxygens (including phenoxy) is 1. The summed E-state index contributed by atoms with van der Waals surface area (Å²) in [5, 5.41) is 3.85. The number of rotatable bonds is 6. The molecule has 0 aliphatic carbocycles. The van der Waals surface area contributed by atoms with Crippen LogP contribution in [0.5, 0.6) is 0 Å². The van der Waals surface area contributed by atoms with Gasteiger partial charge in [0.05, 0.1) is 29.3 Å². The van der Waals surface area contributed by atoms with E-state index in [9.17, 15) is 14.4 Å². The zero-order chi connectivity index (χ0) is 21.0. The van der Waals surface area contributed by atoms with E-state index in [2.05, 4.69) is 10.3 Å². The van der Waals surface area contributed by atoms with Crippen molar-refractivity contribution >= 4 is 40.2 Å². The number of aryl methyl sites for hydroxylation is 1. The highest BCUT2D eigenvalue weighted by Crippen LogP contribution is 2.20. The molecule has 0 saturated carbocycles. The molecule has 0 atom stereocenters. The molecule has 0 aliphatic heterocycles. The summed E-state index contributed by atoms with van der Waals surface area (Å²) in [7, 11) is 1.31. The van der Waals surface area contributed by atoms with Crippen molar-refractivity contribution in [2.75, 3.05) is 18.2 Å². The summed E-state index contributed by atoms with van der Waals surface area (Å²) >= 11 is 1.20. The van der Waals surface area contributed by atoms with E-state index in [1.54, 1.807) is 41.0 Å². The van der Waals surface area contributed by atoms with Crippen LogP contribution < -0.4 is 10.9 Å². The highest BCUT2D eigenvalue weighted by atomic mass is 32.2. The molecule has 3 aromatic rings. The summed E-state index contributed by atoms with van der Waals surface area (Å²) in [6.07, 6.45) is 0. The molecule has 2 aromatic carbocycles. The summed E-state index contributed by atoms with van der Waals surface area (Å²) in [6, 6.07) is 12.1. The molecule has 0 aliphatic rings. The SMILES string of the molecule is CCn1c(SCC(=O)Nc2cc(C(=O)OC)ccc2C)nc2ccccc2c1=O. The van der Waals surface area contributed by atoms with Crippen LogP contribution in [0, 0.1) is 6.92 Å². The van der Waals surface area contributed by atoms with E-state index in [1.807, 2.05) is 19.9 Å². The van der Waals surface area contributed by atoms with Gasteiger partial charge in [-0.2, -0.15) is 0 Å². The number of methoxy groups -OCH3 is 1. The van der Waals surface area contributed by atoms with Crippen molar-refractivity contribution in [3.63, 3.8) is 0 Å². The molecule has 0 spiro atoms. The van der Waals surface area contributed by atoms with Gasteiger partial charge in [-0.3, -0.25) is 14.2 Å². The number of benzene rings is 2.